The molecule has 0 aliphatic rings. The number of benzene rings is 2. The van der Waals surface area contributed by atoms with Gasteiger partial charge in [0.2, 0.25) is 0 Å². The Morgan fingerprint density at radius 1 is 0.564 bits per heavy atom. The van der Waals surface area contributed by atoms with E-state index in [9.17, 15) is 70.9 Å². The first-order valence-corrected chi connectivity index (χ1v) is 10.0. The summed E-state index contributed by atoms with van der Waals surface area (Å²) in [5.74, 6) is -2.92. The molecule has 2 aromatic rings. The summed E-state index contributed by atoms with van der Waals surface area (Å²) in [5, 5.41) is 90.4. The van der Waals surface area contributed by atoms with Crippen LogP contribution in [0.5, 0.6) is 11.5 Å². The molecule has 212 valence electrons. The van der Waals surface area contributed by atoms with Crippen LogP contribution in [-0.4, -0.2) is 56.2 Å². The molecule has 2 N–H and O–H groups in total. The van der Waals surface area contributed by atoms with Crippen LogP contribution in [0, 0.1) is 60.7 Å². The van der Waals surface area contributed by atoms with Gasteiger partial charge >= 0.3 is 0 Å². The fourth-order valence-electron chi connectivity index (χ4n) is 2.31. The van der Waals surface area contributed by atoms with Crippen LogP contribution < -0.4 is 20.8 Å². The molecule has 22 nitrogen and oxygen atoms in total. The molecule has 0 atom stereocenters. The second-order valence-corrected chi connectivity index (χ2v) is 6.63. The minimum absolute atomic E-state index is 0.384. The normalized spacial score (nSPS) is 9.69. The van der Waals surface area contributed by atoms with E-state index < -0.39 is 75.2 Å². The third kappa shape index (κ3) is 10.1. The first-order chi connectivity index (χ1) is 18.1. The molecule has 0 aromatic heterocycles. The first-order valence-electron chi connectivity index (χ1n) is 10.0. The molecule has 22 heteroatoms. The van der Waals surface area contributed by atoms with Gasteiger partial charge in [0.1, 0.15) is 0 Å². The first kappa shape index (κ1) is 33.4. The zero-order valence-corrected chi connectivity index (χ0v) is 19.8. The van der Waals surface area contributed by atoms with Crippen LogP contribution in [0.25, 0.3) is 0 Å². The number of nitrogens with one attached hydrogen (secondary N) is 2. The fourth-order valence-corrected chi connectivity index (χ4v) is 2.31. The summed E-state index contributed by atoms with van der Waals surface area (Å²) < 4.78 is 0. The standard InChI is InChI=1S/2C6H3N3O7.C5H14N2/c2*10-6-4(8(13)14)1-3(7(11)12)2-5(6)9(15)16;1-3-7-5-4-6-2/h2*1-2,10H;6-7H,3-5H2,1-2H3/p-2. The van der Waals surface area contributed by atoms with Crippen molar-refractivity contribution in [3.63, 3.8) is 0 Å². The van der Waals surface area contributed by atoms with Crippen molar-refractivity contribution in [1.29, 1.82) is 0 Å². The molecule has 0 aliphatic heterocycles. The minimum atomic E-state index is -1.46. The van der Waals surface area contributed by atoms with E-state index in [2.05, 4.69) is 17.6 Å². The number of likely N-dealkylation sites (N-methyl/N-ethyl adjacent to an activating group) is 2. The maximum absolute atomic E-state index is 11.1. The minimum Gasteiger partial charge on any atom is -0.863 e. The largest absolute Gasteiger partial charge is 0.863 e. The van der Waals surface area contributed by atoms with Crippen molar-refractivity contribution in [2.45, 2.75) is 6.92 Å². The van der Waals surface area contributed by atoms with E-state index in [1.807, 2.05) is 7.05 Å². The maximum atomic E-state index is 11.1. The third-order valence-corrected chi connectivity index (χ3v) is 4.08. The number of hydrogen-bond acceptors (Lipinski definition) is 16. The molecular formula is C17H18N8O14-2. The predicted molar refractivity (Wildman–Crippen MR) is 124 cm³/mol. The molecule has 0 saturated heterocycles. The van der Waals surface area contributed by atoms with Crippen LogP contribution in [0.3, 0.4) is 0 Å². The zero-order valence-electron chi connectivity index (χ0n) is 19.8. The van der Waals surface area contributed by atoms with Gasteiger partial charge in [-0.2, -0.15) is 0 Å². The molecular weight excluding hydrogens is 540 g/mol. The van der Waals surface area contributed by atoms with E-state index in [4.69, 9.17) is 0 Å². The highest BCUT2D eigenvalue weighted by Gasteiger charge is 2.25. The van der Waals surface area contributed by atoms with Gasteiger partial charge < -0.3 is 20.8 Å². The van der Waals surface area contributed by atoms with Crippen LogP contribution in [0.2, 0.25) is 0 Å². The van der Waals surface area contributed by atoms with Gasteiger partial charge in [-0.15, -0.1) is 0 Å². The average Bonchev–Trinajstić information content (AvgIpc) is 2.84. The lowest BCUT2D eigenvalue weighted by Gasteiger charge is -2.06. The number of rotatable bonds is 10. The maximum Gasteiger partial charge on any atom is 0.283 e. The van der Waals surface area contributed by atoms with Gasteiger partial charge in [0, 0.05) is 13.1 Å². The predicted octanol–water partition coefficient (Wildman–Crippen LogP) is 0.785. The smallest absolute Gasteiger partial charge is 0.283 e. The van der Waals surface area contributed by atoms with Crippen molar-refractivity contribution < 1.29 is 39.8 Å². The van der Waals surface area contributed by atoms with Crippen molar-refractivity contribution in [3.8, 4) is 11.5 Å². The Labute approximate surface area is 215 Å². The van der Waals surface area contributed by atoms with Crippen LogP contribution in [0.1, 0.15) is 6.92 Å². The van der Waals surface area contributed by atoms with Crippen LogP contribution in [-0.2, 0) is 0 Å². The van der Waals surface area contributed by atoms with Crippen LogP contribution >= 0.6 is 0 Å². The summed E-state index contributed by atoms with van der Waals surface area (Å²) in [5.41, 5.74) is -6.53. The van der Waals surface area contributed by atoms with Gasteiger partial charge in [-0.3, -0.25) is 60.7 Å². The van der Waals surface area contributed by atoms with Crippen molar-refractivity contribution >= 4 is 34.1 Å². The highest BCUT2D eigenvalue weighted by molar-refractivity contribution is 5.64. The monoisotopic (exact) mass is 558 g/mol. The summed E-state index contributed by atoms with van der Waals surface area (Å²) >= 11 is 0. The Morgan fingerprint density at radius 2 is 0.846 bits per heavy atom. The Hall–Kier alpha value is -5.64. The quantitative estimate of drug-likeness (QED) is 0.231. The number of non-ortho nitro benzene ring substituents is 2. The molecule has 2 aromatic carbocycles. The third-order valence-electron chi connectivity index (χ3n) is 4.08. The highest BCUT2D eigenvalue weighted by atomic mass is 16.7. The molecule has 0 bridgehead atoms. The lowest BCUT2D eigenvalue weighted by Crippen LogP contribution is -2.24. The summed E-state index contributed by atoms with van der Waals surface area (Å²) in [6.07, 6.45) is 0. The molecule has 0 heterocycles. The molecule has 0 unspecified atom stereocenters. The second-order valence-electron chi connectivity index (χ2n) is 6.63. The Bertz CT molecular complexity index is 1100. The van der Waals surface area contributed by atoms with Gasteiger partial charge in [-0.1, -0.05) is 6.92 Å². The number of hydrogen-bond donors (Lipinski definition) is 2. The number of nitrogens with zero attached hydrogens (tertiary/aromatic N) is 6. The van der Waals surface area contributed by atoms with Crippen molar-refractivity contribution in [1.82, 2.24) is 10.6 Å². The molecule has 0 saturated carbocycles. The highest BCUT2D eigenvalue weighted by Crippen LogP contribution is 2.37. The Morgan fingerprint density at radius 3 is 1.03 bits per heavy atom. The van der Waals surface area contributed by atoms with Crippen molar-refractivity contribution in [3.05, 3.63) is 85.0 Å². The lowest BCUT2D eigenvalue weighted by molar-refractivity contribution is -0.420. The summed E-state index contributed by atoms with van der Waals surface area (Å²) in [4.78, 5) is 55.0. The average molecular weight is 558 g/mol. The van der Waals surface area contributed by atoms with E-state index in [0.29, 0.717) is 24.3 Å². The van der Waals surface area contributed by atoms with Gasteiger partial charge in [0.25, 0.3) is 34.1 Å². The summed E-state index contributed by atoms with van der Waals surface area (Å²) in [6.45, 7) is 5.32. The molecule has 0 amide bonds. The van der Waals surface area contributed by atoms with Gasteiger partial charge in [-0.05, 0) is 13.6 Å². The lowest BCUT2D eigenvalue weighted by atomic mass is 10.2. The van der Waals surface area contributed by atoms with Crippen molar-refractivity contribution in [2.24, 2.45) is 0 Å². The number of nitro groups is 6. The SMILES string of the molecule is CCNCCNC.O=[N+]([O-])c1cc([N+](=O)[O-])c([O-])c([N+](=O)[O-])c1.O=[N+]([O-])c1cc([N+](=O)[O-])c([O-])c([N+](=O)[O-])c1. The topological polar surface area (TPSA) is 329 Å². The summed E-state index contributed by atoms with van der Waals surface area (Å²) in [7, 11) is 1.96. The summed E-state index contributed by atoms with van der Waals surface area (Å²) in [6, 6.07) is 1.54. The van der Waals surface area contributed by atoms with Crippen LogP contribution in [0.4, 0.5) is 34.1 Å². The van der Waals surface area contributed by atoms with Gasteiger partial charge in [0.15, 0.2) is 0 Å². The van der Waals surface area contributed by atoms with E-state index >= 15 is 0 Å². The Kier molecular flexibility index (Phi) is 13.2. The zero-order chi connectivity index (χ0) is 30.4. The molecule has 0 spiro atoms. The fraction of sp³-hybridized carbons (Fsp3) is 0.294. The van der Waals surface area contributed by atoms with E-state index in [1.54, 1.807) is 0 Å². The molecule has 0 aliphatic carbocycles. The molecule has 2 rings (SSSR count). The van der Waals surface area contributed by atoms with Gasteiger partial charge in [-0.25, -0.2) is 0 Å². The molecule has 39 heavy (non-hydrogen) atoms. The van der Waals surface area contributed by atoms with Crippen LogP contribution in [0.15, 0.2) is 24.3 Å². The molecule has 0 fully saturated rings. The Balaban J connectivity index is 0.000000600. The molecule has 0 radical (unpaired) electrons. The van der Waals surface area contributed by atoms with E-state index in [0.717, 1.165) is 19.6 Å². The van der Waals surface area contributed by atoms with E-state index in [1.165, 1.54) is 0 Å². The number of nitro benzene ring substituents is 6. The second kappa shape index (κ2) is 15.5. The van der Waals surface area contributed by atoms with E-state index in [-0.39, 0.29) is 0 Å². The van der Waals surface area contributed by atoms with Gasteiger partial charge in [0.05, 0.1) is 65.3 Å². The van der Waals surface area contributed by atoms with Crippen molar-refractivity contribution in [2.75, 3.05) is 26.7 Å².